The molecule has 0 saturated heterocycles. The quantitative estimate of drug-likeness (QED) is 0.803. The van der Waals surface area contributed by atoms with Gasteiger partial charge in [0.25, 0.3) is 0 Å². The molecule has 0 aliphatic heterocycles. The summed E-state index contributed by atoms with van der Waals surface area (Å²) in [6.45, 7) is 1.99. The van der Waals surface area contributed by atoms with Crippen LogP contribution in [0.3, 0.4) is 0 Å². The van der Waals surface area contributed by atoms with E-state index in [1.165, 1.54) is 38.5 Å². The van der Waals surface area contributed by atoms with Gasteiger partial charge in [0.1, 0.15) is 0 Å². The fourth-order valence-electron chi connectivity index (χ4n) is 5.56. The molecule has 1 unspecified atom stereocenters. The number of amides is 1. The van der Waals surface area contributed by atoms with Crippen LogP contribution in [0.2, 0.25) is 0 Å². The van der Waals surface area contributed by atoms with E-state index in [1.807, 2.05) is 6.92 Å². The predicted molar refractivity (Wildman–Crippen MR) is 71.6 cm³/mol. The third-order valence-electron chi connectivity index (χ3n) is 5.98. The Bertz CT molecular complexity index is 330. The molecule has 4 N–H and O–H groups in total. The molecule has 18 heavy (non-hydrogen) atoms. The van der Waals surface area contributed by atoms with Crippen LogP contribution in [0.15, 0.2) is 0 Å². The average Bonchev–Trinajstić information content (AvgIpc) is 2.25. The van der Waals surface area contributed by atoms with Crippen LogP contribution in [0.5, 0.6) is 0 Å². The molecule has 0 aromatic rings. The zero-order valence-electron chi connectivity index (χ0n) is 11.5. The Hall–Kier alpha value is -0.570. The van der Waals surface area contributed by atoms with Gasteiger partial charge in [0.2, 0.25) is 5.91 Å². The van der Waals surface area contributed by atoms with Crippen molar-refractivity contribution in [3.63, 3.8) is 0 Å². The maximum atomic E-state index is 11.7. The van der Waals surface area contributed by atoms with Crippen molar-refractivity contribution in [2.45, 2.75) is 63.8 Å². The summed E-state index contributed by atoms with van der Waals surface area (Å²) in [7, 11) is 0. The molecule has 1 atom stereocenters. The summed E-state index contributed by atoms with van der Waals surface area (Å²) in [6, 6.07) is 0. The van der Waals surface area contributed by atoms with Crippen LogP contribution in [0.1, 0.15) is 58.3 Å². The molecular formula is C15H26N2O. The largest absolute Gasteiger partial charge is 0.368 e. The molecule has 4 aliphatic rings. The third-order valence-corrected chi connectivity index (χ3v) is 5.98. The van der Waals surface area contributed by atoms with Gasteiger partial charge in [-0.05, 0) is 74.5 Å². The average molecular weight is 250 g/mol. The van der Waals surface area contributed by atoms with E-state index in [0.29, 0.717) is 11.8 Å². The minimum absolute atomic E-state index is 0.305. The molecule has 4 bridgehead atoms. The molecule has 0 spiro atoms. The molecule has 0 radical (unpaired) electrons. The highest BCUT2D eigenvalue weighted by atomic mass is 16.1. The fourth-order valence-corrected chi connectivity index (χ4v) is 5.56. The first-order valence-corrected chi connectivity index (χ1v) is 7.53. The molecular weight excluding hydrogens is 224 g/mol. The normalized spacial score (nSPS) is 44.9. The van der Waals surface area contributed by atoms with Crippen molar-refractivity contribution < 1.29 is 4.79 Å². The second-order valence-corrected chi connectivity index (χ2v) is 7.47. The van der Waals surface area contributed by atoms with Gasteiger partial charge < -0.3 is 11.5 Å². The van der Waals surface area contributed by atoms with Crippen molar-refractivity contribution >= 4 is 5.91 Å². The van der Waals surface area contributed by atoms with Crippen LogP contribution in [-0.4, -0.2) is 11.4 Å². The summed E-state index contributed by atoms with van der Waals surface area (Å²) in [5.74, 6) is 2.42. The van der Waals surface area contributed by atoms with Gasteiger partial charge in [0.15, 0.2) is 0 Å². The number of hydrogen-bond acceptors (Lipinski definition) is 2. The third kappa shape index (κ3) is 1.87. The summed E-state index contributed by atoms with van der Waals surface area (Å²) < 4.78 is 0. The smallest absolute Gasteiger partial charge is 0.237 e. The summed E-state index contributed by atoms with van der Waals surface area (Å²) in [5, 5.41) is 0. The lowest BCUT2D eigenvalue weighted by molar-refractivity contribution is -0.128. The van der Waals surface area contributed by atoms with Crippen molar-refractivity contribution in [1.82, 2.24) is 0 Å². The number of carbonyl (C=O) groups is 1. The summed E-state index contributed by atoms with van der Waals surface area (Å²) in [5.41, 5.74) is 11.4. The number of rotatable bonds is 4. The number of carbonyl (C=O) groups excluding carboxylic acids is 1. The molecule has 4 aliphatic carbocycles. The van der Waals surface area contributed by atoms with Crippen LogP contribution in [-0.2, 0) is 4.79 Å². The maximum absolute atomic E-state index is 11.7. The van der Waals surface area contributed by atoms with E-state index in [-0.39, 0.29) is 5.91 Å². The Kier molecular flexibility index (Phi) is 2.74. The van der Waals surface area contributed by atoms with Gasteiger partial charge in [-0.15, -0.1) is 0 Å². The van der Waals surface area contributed by atoms with Crippen LogP contribution >= 0.6 is 0 Å². The second kappa shape index (κ2) is 3.96. The molecule has 4 saturated carbocycles. The lowest BCUT2D eigenvalue weighted by Gasteiger charge is -2.58. The van der Waals surface area contributed by atoms with Gasteiger partial charge in [-0.1, -0.05) is 6.92 Å². The van der Waals surface area contributed by atoms with Crippen molar-refractivity contribution in [1.29, 1.82) is 0 Å². The highest BCUT2D eigenvalue weighted by Crippen LogP contribution is 2.62. The molecule has 0 heterocycles. The number of nitrogens with two attached hydrogens (primary N) is 2. The molecule has 3 nitrogen and oxygen atoms in total. The van der Waals surface area contributed by atoms with E-state index in [1.54, 1.807) is 0 Å². The van der Waals surface area contributed by atoms with Crippen molar-refractivity contribution in [2.24, 2.45) is 34.6 Å². The zero-order valence-corrected chi connectivity index (χ0v) is 11.5. The van der Waals surface area contributed by atoms with Gasteiger partial charge in [-0.25, -0.2) is 0 Å². The van der Waals surface area contributed by atoms with Crippen LogP contribution in [0.25, 0.3) is 0 Å². The zero-order chi connectivity index (χ0) is 13.0. The minimum Gasteiger partial charge on any atom is -0.368 e. The van der Waals surface area contributed by atoms with E-state index < -0.39 is 5.54 Å². The molecule has 0 aromatic carbocycles. The topological polar surface area (TPSA) is 69.1 Å². The highest BCUT2D eigenvalue weighted by molar-refractivity contribution is 5.84. The Balaban J connectivity index is 1.81. The van der Waals surface area contributed by atoms with Crippen LogP contribution < -0.4 is 11.5 Å². The van der Waals surface area contributed by atoms with Crippen molar-refractivity contribution in [3.8, 4) is 0 Å². The summed E-state index contributed by atoms with van der Waals surface area (Å²) >= 11 is 0. The van der Waals surface area contributed by atoms with Crippen LogP contribution in [0, 0.1) is 23.2 Å². The fraction of sp³-hybridized carbons (Fsp3) is 0.933. The van der Waals surface area contributed by atoms with E-state index in [4.69, 9.17) is 11.5 Å². The van der Waals surface area contributed by atoms with E-state index in [9.17, 15) is 4.79 Å². The van der Waals surface area contributed by atoms with E-state index >= 15 is 0 Å². The maximum Gasteiger partial charge on any atom is 0.237 e. The number of hydrogen-bond donors (Lipinski definition) is 2. The first kappa shape index (κ1) is 12.5. The summed E-state index contributed by atoms with van der Waals surface area (Å²) in [4.78, 5) is 11.7. The van der Waals surface area contributed by atoms with E-state index in [0.717, 1.165) is 24.2 Å². The van der Waals surface area contributed by atoms with Crippen LogP contribution in [0.4, 0.5) is 0 Å². The predicted octanol–water partition coefficient (Wildman–Crippen LogP) is 2.19. The molecule has 1 amide bonds. The van der Waals surface area contributed by atoms with E-state index in [2.05, 4.69) is 0 Å². The van der Waals surface area contributed by atoms with Gasteiger partial charge in [-0.2, -0.15) is 0 Å². The standard InChI is InChI=1S/C15H26N2O/c1-2-15(17,13(16)18)9-14-6-10-3-11(7-14)5-12(4-10)8-14/h10-12H,2-9,17H2,1H3,(H2,16,18). The lowest BCUT2D eigenvalue weighted by atomic mass is 9.47. The monoisotopic (exact) mass is 250 g/mol. The van der Waals surface area contributed by atoms with Crippen molar-refractivity contribution in [3.05, 3.63) is 0 Å². The molecule has 4 fully saturated rings. The SMILES string of the molecule is CCC(N)(CC12CC3CC(CC(C3)C1)C2)C(N)=O. The Morgan fingerprint density at radius 3 is 1.94 bits per heavy atom. The lowest BCUT2D eigenvalue weighted by Crippen LogP contribution is -2.57. The van der Waals surface area contributed by atoms with Gasteiger partial charge in [0, 0.05) is 0 Å². The summed E-state index contributed by atoms with van der Waals surface area (Å²) in [6.07, 6.45) is 9.68. The molecule has 3 heteroatoms. The second-order valence-electron chi connectivity index (χ2n) is 7.47. The number of primary amides is 1. The molecule has 0 aromatic heterocycles. The van der Waals surface area contributed by atoms with Gasteiger partial charge in [0.05, 0.1) is 5.54 Å². The minimum atomic E-state index is -0.772. The Morgan fingerprint density at radius 2 is 1.61 bits per heavy atom. The van der Waals surface area contributed by atoms with Crippen molar-refractivity contribution in [2.75, 3.05) is 0 Å². The van der Waals surface area contributed by atoms with Gasteiger partial charge >= 0.3 is 0 Å². The Morgan fingerprint density at radius 1 is 1.17 bits per heavy atom. The highest BCUT2D eigenvalue weighted by Gasteiger charge is 2.53. The Labute approximate surface area is 110 Å². The first-order chi connectivity index (χ1) is 8.45. The molecule has 4 rings (SSSR count). The molecule has 102 valence electrons. The first-order valence-electron chi connectivity index (χ1n) is 7.53. The van der Waals surface area contributed by atoms with Gasteiger partial charge in [-0.3, -0.25) is 4.79 Å².